The third kappa shape index (κ3) is 2.77. The molecule has 0 aliphatic heterocycles. The summed E-state index contributed by atoms with van der Waals surface area (Å²) in [7, 11) is 2.67. The zero-order valence-electron chi connectivity index (χ0n) is 8.03. The maximum atomic E-state index is 11.2. The number of carbonyl (C=O) groups is 1. The Balaban J connectivity index is 4.75. The van der Waals surface area contributed by atoms with E-state index in [1.165, 1.54) is 14.2 Å². The lowest BCUT2D eigenvalue weighted by molar-refractivity contribution is -0.208. The second-order valence-corrected chi connectivity index (χ2v) is 2.88. The molecule has 74 valence electrons. The highest BCUT2D eigenvalue weighted by atomic mass is 32.1. The number of esters is 1. The molecule has 0 aliphatic rings. The summed E-state index contributed by atoms with van der Waals surface area (Å²) in [5, 5.41) is 6.70. The molecule has 0 aromatic heterocycles. The van der Waals surface area contributed by atoms with Gasteiger partial charge in [0.25, 0.3) is 0 Å². The van der Waals surface area contributed by atoms with E-state index in [9.17, 15) is 4.79 Å². The fourth-order valence-corrected chi connectivity index (χ4v) is 0.833. The first-order chi connectivity index (χ1) is 6.00. The molecule has 0 aliphatic carbocycles. The van der Waals surface area contributed by atoms with Gasteiger partial charge in [0.05, 0.1) is 19.4 Å². The summed E-state index contributed by atoms with van der Waals surface area (Å²) < 4.78 is 4.56. The molecule has 0 atom stereocenters. The normalized spacial score (nSPS) is 10.2. The number of hydrogen-bond donors (Lipinski definition) is 0. The first-order valence-electron chi connectivity index (χ1n) is 3.51. The van der Waals surface area contributed by atoms with E-state index in [4.69, 9.17) is 4.84 Å². The molecule has 0 rings (SSSR count). The number of rotatable bonds is 4. The molecule has 0 saturated heterocycles. The van der Waals surface area contributed by atoms with E-state index in [1.807, 2.05) is 0 Å². The number of isothiocyanates is 1. The Morgan fingerprint density at radius 2 is 2.08 bits per heavy atom. The second kappa shape index (κ2) is 4.91. The molecule has 0 heterocycles. The number of carbonyl (C=O) groups excluding carboxylic acids is 1. The molecule has 0 N–H and O–H groups in total. The third-order valence-electron chi connectivity index (χ3n) is 1.47. The smallest absolute Gasteiger partial charge is 0.335 e. The molecule has 0 amide bonds. The standard InChI is InChI=1S/C7H12N2O3S/c1-7(2,6(10)11-3)9(12-4)8-5-13/h1-4H3. The van der Waals surface area contributed by atoms with Crippen molar-refractivity contribution < 1.29 is 14.4 Å². The summed E-state index contributed by atoms with van der Waals surface area (Å²) in [4.78, 5) is 16.1. The van der Waals surface area contributed by atoms with Crippen molar-refractivity contribution in [3.63, 3.8) is 0 Å². The van der Waals surface area contributed by atoms with Crippen LogP contribution in [-0.2, 0) is 14.4 Å². The Kier molecular flexibility index (Phi) is 4.55. The van der Waals surface area contributed by atoms with Crippen LogP contribution in [0.3, 0.4) is 0 Å². The average molecular weight is 204 g/mol. The molecule has 0 bridgehead atoms. The zero-order valence-corrected chi connectivity index (χ0v) is 8.84. The van der Waals surface area contributed by atoms with E-state index in [2.05, 4.69) is 27.2 Å². The van der Waals surface area contributed by atoms with Gasteiger partial charge in [-0.2, -0.15) is 0 Å². The van der Waals surface area contributed by atoms with Crippen LogP contribution in [0, 0.1) is 0 Å². The Labute approximate surface area is 82.3 Å². The second-order valence-electron chi connectivity index (χ2n) is 2.70. The number of hydrogen-bond acceptors (Lipinski definition) is 6. The van der Waals surface area contributed by atoms with Crippen LogP contribution in [0.5, 0.6) is 0 Å². The van der Waals surface area contributed by atoms with Crippen molar-refractivity contribution in [3.8, 4) is 0 Å². The van der Waals surface area contributed by atoms with Crippen molar-refractivity contribution in [3.05, 3.63) is 0 Å². The van der Waals surface area contributed by atoms with Gasteiger partial charge in [0, 0.05) is 0 Å². The minimum atomic E-state index is -1.02. The van der Waals surface area contributed by atoms with Gasteiger partial charge in [-0.3, -0.25) is 4.84 Å². The monoisotopic (exact) mass is 204 g/mol. The van der Waals surface area contributed by atoms with Crippen LogP contribution in [0.1, 0.15) is 13.8 Å². The Morgan fingerprint density at radius 1 is 1.54 bits per heavy atom. The van der Waals surface area contributed by atoms with E-state index >= 15 is 0 Å². The van der Waals surface area contributed by atoms with Crippen molar-refractivity contribution in [1.29, 1.82) is 0 Å². The highest BCUT2D eigenvalue weighted by Gasteiger charge is 2.36. The molecule has 0 saturated carbocycles. The van der Waals surface area contributed by atoms with Crippen LogP contribution >= 0.6 is 12.2 Å². The van der Waals surface area contributed by atoms with Gasteiger partial charge in [0.1, 0.15) is 0 Å². The number of methoxy groups -OCH3 is 1. The summed E-state index contributed by atoms with van der Waals surface area (Å²) in [6.07, 6.45) is 0. The van der Waals surface area contributed by atoms with Gasteiger partial charge >= 0.3 is 5.97 Å². The van der Waals surface area contributed by atoms with Crippen LogP contribution in [-0.4, -0.2) is 36.1 Å². The van der Waals surface area contributed by atoms with Crippen LogP contribution in [0.25, 0.3) is 0 Å². The summed E-state index contributed by atoms with van der Waals surface area (Å²) in [6.45, 7) is 3.19. The van der Waals surface area contributed by atoms with E-state index in [0.29, 0.717) is 0 Å². The fraction of sp³-hybridized carbons (Fsp3) is 0.714. The first kappa shape index (κ1) is 12.0. The lowest BCUT2D eigenvalue weighted by atomic mass is 10.1. The lowest BCUT2D eigenvalue weighted by Gasteiger charge is -2.29. The summed E-state index contributed by atoms with van der Waals surface area (Å²) in [5.41, 5.74) is -1.02. The van der Waals surface area contributed by atoms with Gasteiger partial charge in [0.2, 0.25) is 0 Å². The topological polar surface area (TPSA) is 51.1 Å². The quantitative estimate of drug-likeness (QED) is 0.294. The molecule has 0 radical (unpaired) electrons. The molecule has 0 fully saturated rings. The summed E-state index contributed by atoms with van der Waals surface area (Å²) in [5.74, 6) is -0.469. The predicted molar refractivity (Wildman–Crippen MR) is 50.0 cm³/mol. The maximum absolute atomic E-state index is 11.2. The van der Waals surface area contributed by atoms with Gasteiger partial charge in [-0.1, -0.05) is 5.10 Å². The van der Waals surface area contributed by atoms with Gasteiger partial charge in [-0.15, -0.1) is 5.17 Å². The predicted octanol–water partition coefficient (Wildman–Crippen LogP) is 0.819. The molecule has 0 unspecified atom stereocenters. The summed E-state index contributed by atoms with van der Waals surface area (Å²) >= 11 is 4.40. The van der Waals surface area contributed by atoms with Crippen molar-refractivity contribution in [2.75, 3.05) is 14.2 Å². The Morgan fingerprint density at radius 3 is 2.38 bits per heavy atom. The molecule has 0 spiro atoms. The van der Waals surface area contributed by atoms with Crippen LogP contribution in [0.2, 0.25) is 0 Å². The zero-order chi connectivity index (χ0) is 10.5. The molecule has 5 nitrogen and oxygen atoms in total. The average Bonchev–Trinajstić information content (AvgIpc) is 2.12. The van der Waals surface area contributed by atoms with Crippen molar-refractivity contribution in [1.82, 2.24) is 5.17 Å². The Hall–Kier alpha value is -0.970. The molecule has 0 aromatic carbocycles. The largest absolute Gasteiger partial charge is 0.467 e. The van der Waals surface area contributed by atoms with Crippen LogP contribution in [0.15, 0.2) is 5.10 Å². The number of nitrogens with zero attached hydrogens (tertiary/aromatic N) is 2. The van der Waals surface area contributed by atoms with E-state index < -0.39 is 11.5 Å². The van der Waals surface area contributed by atoms with Crippen molar-refractivity contribution >= 4 is 23.3 Å². The van der Waals surface area contributed by atoms with Crippen LogP contribution in [0.4, 0.5) is 0 Å². The van der Waals surface area contributed by atoms with E-state index in [-0.39, 0.29) is 0 Å². The minimum absolute atomic E-state index is 0.469. The third-order valence-corrected chi connectivity index (χ3v) is 1.55. The van der Waals surface area contributed by atoms with Crippen LogP contribution < -0.4 is 0 Å². The SMILES string of the molecule is COC(=O)C(C)(C)N(N=C=S)OC. The molecule has 6 heteroatoms. The molecule has 13 heavy (non-hydrogen) atoms. The van der Waals surface area contributed by atoms with E-state index in [0.717, 1.165) is 5.17 Å². The van der Waals surface area contributed by atoms with Gasteiger partial charge < -0.3 is 4.74 Å². The number of hydrazone groups is 1. The highest BCUT2D eigenvalue weighted by Crippen LogP contribution is 2.15. The fourth-order valence-electron chi connectivity index (χ4n) is 0.759. The van der Waals surface area contributed by atoms with Crippen molar-refractivity contribution in [2.24, 2.45) is 5.10 Å². The van der Waals surface area contributed by atoms with Gasteiger partial charge in [-0.25, -0.2) is 4.79 Å². The Bertz CT molecular complexity index is 236. The maximum Gasteiger partial charge on any atom is 0.335 e. The van der Waals surface area contributed by atoms with E-state index in [1.54, 1.807) is 13.8 Å². The van der Waals surface area contributed by atoms with Gasteiger partial charge in [0.15, 0.2) is 5.54 Å². The molecular formula is C7H12N2O3S. The van der Waals surface area contributed by atoms with Gasteiger partial charge in [-0.05, 0) is 26.1 Å². The minimum Gasteiger partial charge on any atom is -0.467 e. The number of thiocarbonyl (C=S) groups is 1. The molecule has 0 aromatic rings. The summed E-state index contributed by atoms with van der Waals surface area (Å²) in [6, 6.07) is 0. The van der Waals surface area contributed by atoms with Crippen molar-refractivity contribution in [2.45, 2.75) is 19.4 Å². The first-order valence-corrected chi connectivity index (χ1v) is 3.92. The lowest BCUT2D eigenvalue weighted by Crippen LogP contribution is -2.47. The number of ether oxygens (including phenoxy) is 1. The molecular weight excluding hydrogens is 192 g/mol. The highest BCUT2D eigenvalue weighted by molar-refractivity contribution is 7.78. The number of hydroxylamine groups is 1.